The number of halogens is 1. The zero-order chi connectivity index (χ0) is 10.7. The Balaban J connectivity index is 2.51. The summed E-state index contributed by atoms with van der Waals surface area (Å²) in [6.07, 6.45) is 2.42. The van der Waals surface area contributed by atoms with Gasteiger partial charge in [-0.1, -0.05) is 36.7 Å². The summed E-state index contributed by atoms with van der Waals surface area (Å²) in [4.78, 5) is 14.0. The number of piperidine rings is 1. The van der Waals surface area contributed by atoms with Crippen molar-refractivity contribution in [3.05, 3.63) is 0 Å². The first kappa shape index (κ1) is 12.0. The van der Waals surface area contributed by atoms with E-state index >= 15 is 0 Å². The first-order valence-electron chi connectivity index (χ1n) is 5.45. The maximum Gasteiger partial charge on any atom is 0.236 e. The van der Waals surface area contributed by atoms with Gasteiger partial charge in [0.05, 0.1) is 4.83 Å². The predicted octanol–water partition coefficient (Wildman–Crippen LogP) is 2.66. The van der Waals surface area contributed by atoms with Crippen molar-refractivity contribution >= 4 is 21.8 Å². The van der Waals surface area contributed by atoms with Crippen molar-refractivity contribution in [2.75, 3.05) is 13.1 Å². The highest BCUT2D eigenvalue weighted by atomic mass is 79.9. The quantitative estimate of drug-likeness (QED) is 0.700. The van der Waals surface area contributed by atoms with Crippen LogP contribution >= 0.6 is 15.9 Å². The van der Waals surface area contributed by atoms with E-state index in [2.05, 4.69) is 36.7 Å². The van der Waals surface area contributed by atoms with Gasteiger partial charge in [-0.15, -0.1) is 0 Å². The van der Waals surface area contributed by atoms with E-state index in [-0.39, 0.29) is 10.7 Å². The second-order valence-electron chi connectivity index (χ2n) is 4.68. The summed E-state index contributed by atoms with van der Waals surface area (Å²) in [6, 6.07) is 0. The molecule has 2 nitrogen and oxygen atoms in total. The van der Waals surface area contributed by atoms with Crippen LogP contribution in [0.4, 0.5) is 0 Å². The smallest absolute Gasteiger partial charge is 0.236 e. The Morgan fingerprint density at radius 1 is 1.50 bits per heavy atom. The van der Waals surface area contributed by atoms with E-state index in [1.165, 1.54) is 6.42 Å². The minimum Gasteiger partial charge on any atom is -0.341 e. The van der Waals surface area contributed by atoms with E-state index in [0.29, 0.717) is 11.8 Å². The molecule has 0 radical (unpaired) electrons. The number of carbonyl (C=O) groups is 1. The molecule has 1 aliphatic rings. The van der Waals surface area contributed by atoms with Gasteiger partial charge in [-0.2, -0.15) is 0 Å². The molecular formula is C11H20BrNO. The molecule has 1 heterocycles. The molecule has 0 aliphatic carbocycles. The second-order valence-corrected chi connectivity index (χ2v) is 5.66. The van der Waals surface area contributed by atoms with Gasteiger partial charge in [0, 0.05) is 13.1 Å². The van der Waals surface area contributed by atoms with Crippen molar-refractivity contribution in [2.24, 2.45) is 11.8 Å². The Kier molecular flexibility index (Phi) is 4.42. The molecule has 1 amide bonds. The van der Waals surface area contributed by atoms with Gasteiger partial charge >= 0.3 is 0 Å². The summed E-state index contributed by atoms with van der Waals surface area (Å²) in [5.41, 5.74) is 0. The summed E-state index contributed by atoms with van der Waals surface area (Å²) in [7, 11) is 0. The average molecular weight is 262 g/mol. The average Bonchev–Trinajstić information content (AvgIpc) is 2.15. The third-order valence-electron chi connectivity index (χ3n) is 2.79. The lowest BCUT2D eigenvalue weighted by molar-refractivity contribution is -0.132. The van der Waals surface area contributed by atoms with E-state index in [1.807, 2.05) is 4.90 Å². The van der Waals surface area contributed by atoms with Crippen LogP contribution in [0, 0.1) is 11.8 Å². The Labute approximate surface area is 95.2 Å². The fourth-order valence-corrected chi connectivity index (χ4v) is 2.14. The van der Waals surface area contributed by atoms with Gasteiger partial charge in [-0.05, 0) is 24.7 Å². The summed E-state index contributed by atoms with van der Waals surface area (Å²) < 4.78 is 0. The number of alkyl halides is 1. The molecule has 0 saturated carbocycles. The molecule has 82 valence electrons. The fourth-order valence-electron chi connectivity index (χ4n) is 1.85. The molecule has 14 heavy (non-hydrogen) atoms. The molecule has 0 aromatic rings. The summed E-state index contributed by atoms with van der Waals surface area (Å²) >= 11 is 3.47. The van der Waals surface area contributed by atoms with Crippen LogP contribution in [0.25, 0.3) is 0 Å². The number of carbonyl (C=O) groups excluding carboxylic acids is 1. The third-order valence-corrected chi connectivity index (χ3v) is 4.24. The summed E-state index contributed by atoms with van der Waals surface area (Å²) in [6.45, 7) is 8.25. The minimum atomic E-state index is -0.00667. The number of hydrogen-bond donors (Lipinski definition) is 0. The lowest BCUT2D eigenvalue weighted by atomic mass is 9.99. The SMILES string of the molecule is CC(C)[C@@H](Br)C(=O)N1CCC[C@H](C)C1. The highest BCUT2D eigenvalue weighted by Gasteiger charge is 2.27. The van der Waals surface area contributed by atoms with Gasteiger partial charge in [-0.25, -0.2) is 0 Å². The number of rotatable bonds is 2. The molecule has 2 atom stereocenters. The van der Waals surface area contributed by atoms with Crippen LogP contribution in [-0.4, -0.2) is 28.7 Å². The fraction of sp³-hybridized carbons (Fsp3) is 0.909. The molecule has 0 spiro atoms. The van der Waals surface area contributed by atoms with Gasteiger partial charge < -0.3 is 4.90 Å². The van der Waals surface area contributed by atoms with Gasteiger partial charge in [0.15, 0.2) is 0 Å². The second kappa shape index (κ2) is 5.15. The van der Waals surface area contributed by atoms with Gasteiger partial charge in [0.1, 0.15) is 0 Å². The van der Waals surface area contributed by atoms with Crippen LogP contribution in [0.1, 0.15) is 33.6 Å². The maximum absolute atomic E-state index is 12.0. The zero-order valence-electron chi connectivity index (χ0n) is 9.29. The van der Waals surface area contributed by atoms with E-state index < -0.39 is 0 Å². The number of hydrogen-bond acceptors (Lipinski definition) is 1. The van der Waals surface area contributed by atoms with Crippen molar-refractivity contribution in [1.29, 1.82) is 0 Å². The highest BCUT2D eigenvalue weighted by Crippen LogP contribution is 2.20. The lowest BCUT2D eigenvalue weighted by Gasteiger charge is -2.33. The molecule has 0 bridgehead atoms. The van der Waals surface area contributed by atoms with Crippen molar-refractivity contribution in [3.8, 4) is 0 Å². The molecule has 0 aromatic heterocycles. The molecule has 1 fully saturated rings. The van der Waals surface area contributed by atoms with Crippen molar-refractivity contribution < 1.29 is 4.79 Å². The molecule has 1 rings (SSSR count). The van der Waals surface area contributed by atoms with Crippen LogP contribution in [0.5, 0.6) is 0 Å². The molecule has 3 heteroatoms. The van der Waals surface area contributed by atoms with Crippen molar-refractivity contribution in [3.63, 3.8) is 0 Å². The van der Waals surface area contributed by atoms with Crippen LogP contribution in [0.3, 0.4) is 0 Å². The monoisotopic (exact) mass is 261 g/mol. The normalized spacial score (nSPS) is 25.2. The number of likely N-dealkylation sites (tertiary alicyclic amines) is 1. The van der Waals surface area contributed by atoms with Crippen LogP contribution in [-0.2, 0) is 4.79 Å². The molecule has 0 aromatic carbocycles. The Morgan fingerprint density at radius 2 is 2.14 bits per heavy atom. The van der Waals surface area contributed by atoms with E-state index in [0.717, 1.165) is 19.5 Å². The standard InChI is InChI=1S/C11H20BrNO/c1-8(2)10(12)11(14)13-6-4-5-9(3)7-13/h8-10H,4-7H2,1-3H3/t9-,10+/m0/s1. The van der Waals surface area contributed by atoms with E-state index in [4.69, 9.17) is 0 Å². The highest BCUT2D eigenvalue weighted by molar-refractivity contribution is 9.10. The maximum atomic E-state index is 12.0. The first-order chi connectivity index (χ1) is 6.52. The predicted molar refractivity (Wildman–Crippen MR) is 62.5 cm³/mol. The summed E-state index contributed by atoms with van der Waals surface area (Å²) in [5, 5.41) is 0. The van der Waals surface area contributed by atoms with E-state index in [1.54, 1.807) is 0 Å². The van der Waals surface area contributed by atoms with Crippen molar-refractivity contribution in [1.82, 2.24) is 4.90 Å². The molecule has 1 aliphatic heterocycles. The molecule has 0 N–H and O–H groups in total. The first-order valence-corrected chi connectivity index (χ1v) is 6.36. The largest absolute Gasteiger partial charge is 0.341 e. The Hall–Kier alpha value is -0.0500. The van der Waals surface area contributed by atoms with Crippen LogP contribution in [0.2, 0.25) is 0 Å². The number of amides is 1. The third kappa shape index (κ3) is 2.97. The Morgan fingerprint density at radius 3 is 2.64 bits per heavy atom. The molecule has 1 saturated heterocycles. The Bertz CT molecular complexity index is 205. The number of nitrogens with zero attached hydrogens (tertiary/aromatic N) is 1. The summed E-state index contributed by atoms with van der Waals surface area (Å²) in [5.74, 6) is 1.31. The van der Waals surface area contributed by atoms with Gasteiger partial charge in [-0.3, -0.25) is 4.79 Å². The van der Waals surface area contributed by atoms with E-state index in [9.17, 15) is 4.79 Å². The zero-order valence-corrected chi connectivity index (χ0v) is 10.9. The topological polar surface area (TPSA) is 20.3 Å². The minimum absolute atomic E-state index is 0.00667. The van der Waals surface area contributed by atoms with Crippen LogP contribution in [0.15, 0.2) is 0 Å². The van der Waals surface area contributed by atoms with Crippen molar-refractivity contribution in [2.45, 2.75) is 38.4 Å². The van der Waals surface area contributed by atoms with Crippen LogP contribution < -0.4 is 0 Å². The van der Waals surface area contributed by atoms with Gasteiger partial charge in [0.2, 0.25) is 5.91 Å². The molecule has 0 unspecified atom stereocenters. The molecular weight excluding hydrogens is 242 g/mol. The van der Waals surface area contributed by atoms with Gasteiger partial charge in [0.25, 0.3) is 0 Å². The lowest BCUT2D eigenvalue weighted by Crippen LogP contribution is -2.44.